The molecule has 206 valence electrons. The van der Waals surface area contributed by atoms with Crippen molar-refractivity contribution in [3.05, 3.63) is 103 Å². The number of phenols is 4. The fourth-order valence-electron chi connectivity index (χ4n) is 4.21. The van der Waals surface area contributed by atoms with E-state index in [4.69, 9.17) is 8.83 Å². The first-order valence-electron chi connectivity index (χ1n) is 12.1. The standard InChI is InChI=1S/C30H26O10/c1-15(2)26(27-24(35)13-18(39-29(27)37)7-3-16-5-9-20(31)22(33)11-16)28-25(36)14-19(40-30(28)38)8-4-17-6-10-21(32)23(34)12-17/h3-15,26,31-36H,1-2H3/b7-3+,8-4+. The van der Waals surface area contributed by atoms with Crippen LogP contribution in [0.25, 0.3) is 24.3 Å². The highest BCUT2D eigenvalue weighted by atomic mass is 16.4. The van der Waals surface area contributed by atoms with Crippen molar-refractivity contribution in [2.45, 2.75) is 19.8 Å². The summed E-state index contributed by atoms with van der Waals surface area (Å²) in [6, 6.07) is 10.6. The third-order valence-electron chi connectivity index (χ3n) is 6.14. The van der Waals surface area contributed by atoms with Gasteiger partial charge in [-0.3, -0.25) is 0 Å². The lowest BCUT2D eigenvalue weighted by atomic mass is 9.83. The Kier molecular flexibility index (Phi) is 7.71. The molecule has 4 aromatic rings. The van der Waals surface area contributed by atoms with Gasteiger partial charge in [-0.1, -0.05) is 38.1 Å². The van der Waals surface area contributed by atoms with Gasteiger partial charge >= 0.3 is 11.3 Å². The predicted molar refractivity (Wildman–Crippen MR) is 147 cm³/mol. The molecular weight excluding hydrogens is 520 g/mol. The van der Waals surface area contributed by atoms with Crippen molar-refractivity contribution in [1.29, 1.82) is 0 Å². The van der Waals surface area contributed by atoms with Gasteiger partial charge in [0.1, 0.15) is 23.0 Å². The first kappa shape index (κ1) is 27.6. The molecule has 0 saturated heterocycles. The summed E-state index contributed by atoms with van der Waals surface area (Å²) in [4.78, 5) is 26.0. The van der Waals surface area contributed by atoms with E-state index in [9.17, 15) is 40.2 Å². The van der Waals surface area contributed by atoms with Gasteiger partial charge in [-0.15, -0.1) is 0 Å². The molecule has 6 N–H and O–H groups in total. The molecule has 2 aromatic heterocycles. The van der Waals surface area contributed by atoms with Gasteiger partial charge in [-0.25, -0.2) is 9.59 Å². The van der Waals surface area contributed by atoms with Gasteiger partial charge in [0.15, 0.2) is 23.0 Å². The van der Waals surface area contributed by atoms with Crippen LogP contribution >= 0.6 is 0 Å². The van der Waals surface area contributed by atoms with Crippen LogP contribution in [0.2, 0.25) is 0 Å². The zero-order valence-electron chi connectivity index (χ0n) is 21.4. The maximum atomic E-state index is 13.0. The summed E-state index contributed by atoms with van der Waals surface area (Å²) < 4.78 is 10.7. The summed E-state index contributed by atoms with van der Waals surface area (Å²) >= 11 is 0. The van der Waals surface area contributed by atoms with E-state index in [1.54, 1.807) is 13.8 Å². The summed E-state index contributed by atoms with van der Waals surface area (Å²) in [5, 5.41) is 59.7. The van der Waals surface area contributed by atoms with Crippen LogP contribution in [0, 0.1) is 5.92 Å². The van der Waals surface area contributed by atoms with E-state index >= 15 is 0 Å². The quantitative estimate of drug-likeness (QED) is 0.173. The summed E-state index contributed by atoms with van der Waals surface area (Å²) in [6.07, 6.45) is 5.73. The Hall–Kier alpha value is -5.38. The second kappa shape index (κ2) is 11.2. The van der Waals surface area contributed by atoms with Crippen molar-refractivity contribution < 1.29 is 39.5 Å². The summed E-state index contributed by atoms with van der Waals surface area (Å²) in [5.41, 5.74) is -1.36. The molecule has 0 spiro atoms. The molecule has 2 heterocycles. The van der Waals surface area contributed by atoms with Crippen molar-refractivity contribution in [1.82, 2.24) is 0 Å². The van der Waals surface area contributed by atoms with Crippen LogP contribution in [0.5, 0.6) is 34.5 Å². The molecule has 0 bridgehead atoms. The molecule has 0 amide bonds. The van der Waals surface area contributed by atoms with E-state index < -0.39 is 34.6 Å². The van der Waals surface area contributed by atoms with Crippen LogP contribution in [-0.4, -0.2) is 30.6 Å². The molecule has 10 nitrogen and oxygen atoms in total. The van der Waals surface area contributed by atoms with E-state index in [1.165, 1.54) is 72.8 Å². The Morgan fingerprint density at radius 1 is 0.550 bits per heavy atom. The molecule has 0 unspecified atom stereocenters. The van der Waals surface area contributed by atoms with Crippen molar-refractivity contribution in [3.8, 4) is 34.5 Å². The number of hydrogen-bond acceptors (Lipinski definition) is 10. The SMILES string of the molecule is CC(C)C(c1c(O)cc(/C=C/c2ccc(O)c(O)c2)oc1=O)c1c(O)cc(/C=C/c2ccc(O)c(O)c2)oc1=O. The molecule has 0 aliphatic carbocycles. The normalized spacial score (nSPS) is 11.8. The van der Waals surface area contributed by atoms with E-state index in [0.29, 0.717) is 11.1 Å². The summed E-state index contributed by atoms with van der Waals surface area (Å²) in [6.45, 7) is 3.39. The van der Waals surface area contributed by atoms with Gasteiger partial charge in [0.2, 0.25) is 0 Å². The second-order valence-electron chi connectivity index (χ2n) is 9.35. The topological polar surface area (TPSA) is 182 Å². The van der Waals surface area contributed by atoms with Crippen molar-refractivity contribution in [2.75, 3.05) is 0 Å². The minimum atomic E-state index is -1.08. The van der Waals surface area contributed by atoms with Crippen LogP contribution in [-0.2, 0) is 0 Å². The first-order chi connectivity index (χ1) is 18.9. The summed E-state index contributed by atoms with van der Waals surface area (Å²) in [7, 11) is 0. The van der Waals surface area contributed by atoms with Crippen LogP contribution < -0.4 is 11.3 Å². The molecule has 40 heavy (non-hydrogen) atoms. The smallest absolute Gasteiger partial charge is 0.343 e. The summed E-state index contributed by atoms with van der Waals surface area (Å²) in [5.74, 6) is -3.73. The molecule has 0 fully saturated rings. The molecule has 0 radical (unpaired) electrons. The number of benzene rings is 2. The van der Waals surface area contributed by atoms with Gasteiger partial charge in [-0.05, 0) is 53.5 Å². The Balaban J connectivity index is 1.68. The number of aromatic hydroxyl groups is 6. The molecule has 0 aliphatic rings. The minimum absolute atomic E-state index is 0.0154. The number of phenolic OH excluding ortho intramolecular Hbond substituents is 4. The van der Waals surface area contributed by atoms with Gasteiger partial charge < -0.3 is 39.5 Å². The molecule has 10 heteroatoms. The monoisotopic (exact) mass is 546 g/mol. The van der Waals surface area contributed by atoms with Crippen molar-refractivity contribution in [3.63, 3.8) is 0 Å². The van der Waals surface area contributed by atoms with Crippen LogP contribution in [0.1, 0.15) is 53.5 Å². The Labute approximate surface area is 227 Å². The fourth-order valence-corrected chi connectivity index (χ4v) is 4.21. The zero-order valence-corrected chi connectivity index (χ0v) is 21.4. The maximum absolute atomic E-state index is 13.0. The van der Waals surface area contributed by atoms with E-state index in [1.807, 2.05) is 0 Å². The van der Waals surface area contributed by atoms with E-state index in [-0.39, 0.29) is 45.6 Å². The minimum Gasteiger partial charge on any atom is -0.507 e. The van der Waals surface area contributed by atoms with E-state index in [0.717, 1.165) is 0 Å². The lowest BCUT2D eigenvalue weighted by molar-refractivity contribution is 0.389. The fraction of sp³-hybridized carbons (Fsp3) is 0.133. The first-order valence-corrected chi connectivity index (χ1v) is 12.1. The van der Waals surface area contributed by atoms with Crippen LogP contribution in [0.15, 0.2) is 67.0 Å². The van der Waals surface area contributed by atoms with Crippen LogP contribution in [0.4, 0.5) is 0 Å². The molecule has 0 aliphatic heterocycles. The highest BCUT2D eigenvalue weighted by molar-refractivity contribution is 5.70. The Morgan fingerprint density at radius 3 is 1.27 bits per heavy atom. The highest BCUT2D eigenvalue weighted by Gasteiger charge is 2.31. The van der Waals surface area contributed by atoms with Gasteiger partial charge in [0.05, 0.1) is 11.1 Å². The van der Waals surface area contributed by atoms with E-state index in [2.05, 4.69) is 0 Å². The molecule has 0 atom stereocenters. The molecule has 2 aromatic carbocycles. The maximum Gasteiger partial charge on any atom is 0.343 e. The third-order valence-corrected chi connectivity index (χ3v) is 6.14. The van der Waals surface area contributed by atoms with Gasteiger partial charge in [-0.2, -0.15) is 0 Å². The lowest BCUT2D eigenvalue weighted by Crippen LogP contribution is -2.24. The number of rotatable bonds is 7. The van der Waals surface area contributed by atoms with Crippen LogP contribution in [0.3, 0.4) is 0 Å². The second-order valence-corrected chi connectivity index (χ2v) is 9.35. The highest BCUT2D eigenvalue weighted by Crippen LogP contribution is 2.38. The molecular formula is C30H26O10. The van der Waals surface area contributed by atoms with Crippen molar-refractivity contribution in [2.24, 2.45) is 5.92 Å². The third kappa shape index (κ3) is 5.86. The Bertz CT molecular complexity index is 1620. The lowest BCUT2D eigenvalue weighted by Gasteiger charge is -2.21. The van der Waals surface area contributed by atoms with Crippen molar-refractivity contribution >= 4 is 24.3 Å². The number of hydrogen-bond donors (Lipinski definition) is 6. The predicted octanol–water partition coefficient (Wildman–Crippen LogP) is 4.96. The average molecular weight is 547 g/mol. The van der Waals surface area contributed by atoms with Gasteiger partial charge in [0.25, 0.3) is 0 Å². The zero-order chi connectivity index (χ0) is 29.1. The largest absolute Gasteiger partial charge is 0.507 e. The molecule has 0 saturated carbocycles. The average Bonchev–Trinajstić information content (AvgIpc) is 2.88. The Morgan fingerprint density at radius 2 is 0.950 bits per heavy atom. The molecule has 4 rings (SSSR count). The van der Waals surface area contributed by atoms with Gasteiger partial charge in [0, 0.05) is 18.1 Å².